The molecule has 0 aliphatic carbocycles. The van der Waals surface area contributed by atoms with Crippen molar-refractivity contribution in [1.29, 1.82) is 0 Å². The van der Waals surface area contributed by atoms with Crippen LogP contribution in [0.4, 0.5) is 0 Å². The van der Waals surface area contributed by atoms with Crippen molar-refractivity contribution in [3.63, 3.8) is 0 Å². The molecule has 0 spiro atoms. The fourth-order valence-corrected chi connectivity index (χ4v) is 4.24. The monoisotopic (exact) mass is 353 g/mol. The lowest BCUT2D eigenvalue weighted by Gasteiger charge is -2.26. The Balaban J connectivity index is 1.55. The first-order chi connectivity index (χ1) is 12.6. The average Bonchev–Trinajstić information content (AvgIpc) is 3.34. The summed E-state index contributed by atoms with van der Waals surface area (Å²) in [6, 6.07) is 6.87. The number of rotatable bonds is 3. The zero-order valence-corrected chi connectivity index (χ0v) is 15.6. The van der Waals surface area contributed by atoms with Gasteiger partial charge in [-0.05, 0) is 69.3 Å². The second kappa shape index (κ2) is 7.19. The van der Waals surface area contributed by atoms with E-state index in [-0.39, 0.29) is 11.9 Å². The molecular weight excluding hydrogens is 326 g/mol. The molecule has 0 saturated carbocycles. The lowest BCUT2D eigenvalue weighted by Crippen LogP contribution is -2.31. The first kappa shape index (κ1) is 17.2. The van der Waals surface area contributed by atoms with Crippen LogP contribution < -0.4 is 5.32 Å². The van der Waals surface area contributed by atoms with E-state index in [9.17, 15) is 4.79 Å². The summed E-state index contributed by atoms with van der Waals surface area (Å²) in [5.41, 5.74) is 4.30. The molecule has 1 atom stereocenters. The van der Waals surface area contributed by atoms with Crippen LogP contribution in [0.3, 0.4) is 0 Å². The molecule has 0 unspecified atom stereocenters. The van der Waals surface area contributed by atoms with Gasteiger partial charge in [0.15, 0.2) is 5.69 Å². The zero-order valence-electron chi connectivity index (χ0n) is 15.6. The summed E-state index contributed by atoms with van der Waals surface area (Å²) in [5.74, 6) is 0.00795. The molecule has 6 heteroatoms. The van der Waals surface area contributed by atoms with Crippen molar-refractivity contribution in [1.82, 2.24) is 25.2 Å². The van der Waals surface area contributed by atoms with Gasteiger partial charge in [0.05, 0.1) is 18.3 Å². The van der Waals surface area contributed by atoms with E-state index in [4.69, 9.17) is 0 Å². The van der Waals surface area contributed by atoms with Crippen molar-refractivity contribution in [2.24, 2.45) is 0 Å². The lowest BCUT2D eigenvalue weighted by molar-refractivity contribution is 0.0729. The molecule has 3 heterocycles. The lowest BCUT2D eigenvalue weighted by atomic mass is 9.96. The molecule has 0 radical (unpaired) electrons. The van der Waals surface area contributed by atoms with Gasteiger partial charge in [-0.15, -0.1) is 5.10 Å². The number of nitrogens with one attached hydrogen (secondary N) is 1. The Morgan fingerprint density at radius 2 is 2.00 bits per heavy atom. The number of piperidine rings is 1. The number of hydrogen-bond donors (Lipinski definition) is 1. The molecule has 6 nitrogen and oxygen atoms in total. The topological polar surface area (TPSA) is 63.1 Å². The first-order valence-corrected chi connectivity index (χ1v) is 9.65. The number of aryl methyl sites for hydroxylation is 1. The van der Waals surface area contributed by atoms with Crippen molar-refractivity contribution >= 4 is 5.91 Å². The molecule has 2 saturated heterocycles. The Hall–Kier alpha value is -2.21. The van der Waals surface area contributed by atoms with E-state index in [1.807, 2.05) is 15.8 Å². The van der Waals surface area contributed by atoms with Gasteiger partial charge in [0.1, 0.15) is 0 Å². The van der Waals surface area contributed by atoms with Crippen LogP contribution in [-0.4, -0.2) is 45.4 Å². The van der Waals surface area contributed by atoms with Crippen LogP contribution in [0.25, 0.3) is 0 Å². The maximum atomic E-state index is 13.1. The Morgan fingerprint density at radius 3 is 2.81 bits per heavy atom. The van der Waals surface area contributed by atoms with E-state index in [2.05, 4.69) is 47.7 Å². The van der Waals surface area contributed by atoms with Gasteiger partial charge in [-0.3, -0.25) is 4.79 Å². The molecule has 1 aromatic heterocycles. The van der Waals surface area contributed by atoms with E-state index < -0.39 is 0 Å². The van der Waals surface area contributed by atoms with E-state index in [1.54, 1.807) is 0 Å². The number of hydrogen-bond acceptors (Lipinski definition) is 4. The zero-order chi connectivity index (χ0) is 18.1. The van der Waals surface area contributed by atoms with Crippen LogP contribution in [0.15, 0.2) is 24.4 Å². The standard InChI is InChI=1S/C20H27N5O/c1-14-5-3-6-17(15(14)2)19-7-4-12-24(19)20(26)18-13-25(23-22-18)16-8-10-21-11-9-16/h3,5-6,13,16,19,21H,4,7-12H2,1-2H3/t19-/m1/s1. The molecular formula is C20H27N5O. The molecule has 2 aliphatic heterocycles. The van der Waals surface area contributed by atoms with Crippen LogP contribution in [0, 0.1) is 13.8 Å². The molecule has 1 amide bonds. The van der Waals surface area contributed by atoms with Crippen LogP contribution in [0.2, 0.25) is 0 Å². The van der Waals surface area contributed by atoms with Gasteiger partial charge in [-0.2, -0.15) is 0 Å². The SMILES string of the molecule is Cc1cccc([C@H]2CCCN2C(=O)c2cn(C3CCNCC3)nn2)c1C. The van der Waals surface area contributed by atoms with Crippen molar-refractivity contribution < 1.29 is 4.79 Å². The Kier molecular flexibility index (Phi) is 4.76. The van der Waals surface area contributed by atoms with Crippen molar-refractivity contribution in [2.75, 3.05) is 19.6 Å². The molecule has 0 bridgehead atoms. The number of amides is 1. The minimum absolute atomic E-state index is 0.00795. The summed E-state index contributed by atoms with van der Waals surface area (Å²) in [5, 5.41) is 11.8. The highest BCUT2D eigenvalue weighted by atomic mass is 16.2. The minimum atomic E-state index is 0.00795. The Bertz CT molecular complexity index is 793. The van der Waals surface area contributed by atoms with Gasteiger partial charge in [-0.25, -0.2) is 4.68 Å². The highest BCUT2D eigenvalue weighted by Gasteiger charge is 2.33. The summed E-state index contributed by atoms with van der Waals surface area (Å²) < 4.78 is 1.89. The normalized spacial score (nSPS) is 21.3. The number of nitrogens with zero attached hydrogens (tertiary/aromatic N) is 4. The number of carbonyl (C=O) groups excluding carboxylic acids is 1. The van der Waals surface area contributed by atoms with E-state index in [0.29, 0.717) is 11.7 Å². The van der Waals surface area contributed by atoms with Gasteiger partial charge in [0, 0.05) is 6.54 Å². The minimum Gasteiger partial charge on any atom is -0.330 e. The first-order valence-electron chi connectivity index (χ1n) is 9.65. The third-order valence-electron chi connectivity index (χ3n) is 5.93. The van der Waals surface area contributed by atoms with Crippen molar-refractivity contribution in [3.05, 3.63) is 46.8 Å². The molecule has 1 N–H and O–H groups in total. The quantitative estimate of drug-likeness (QED) is 0.922. The molecule has 1 aromatic carbocycles. The van der Waals surface area contributed by atoms with E-state index in [0.717, 1.165) is 45.3 Å². The van der Waals surface area contributed by atoms with Gasteiger partial charge in [-0.1, -0.05) is 23.4 Å². The summed E-state index contributed by atoms with van der Waals surface area (Å²) in [4.78, 5) is 15.1. The fourth-order valence-electron chi connectivity index (χ4n) is 4.24. The number of aromatic nitrogens is 3. The molecule has 4 rings (SSSR count). The number of benzene rings is 1. The maximum Gasteiger partial charge on any atom is 0.276 e. The summed E-state index contributed by atoms with van der Waals surface area (Å²) in [6.07, 6.45) is 5.96. The van der Waals surface area contributed by atoms with Crippen LogP contribution >= 0.6 is 0 Å². The number of carbonyl (C=O) groups is 1. The van der Waals surface area contributed by atoms with Gasteiger partial charge in [0.2, 0.25) is 0 Å². The molecule has 2 fully saturated rings. The Labute approximate surface area is 154 Å². The summed E-state index contributed by atoms with van der Waals surface area (Å²) >= 11 is 0. The van der Waals surface area contributed by atoms with E-state index in [1.165, 1.54) is 16.7 Å². The van der Waals surface area contributed by atoms with E-state index >= 15 is 0 Å². The number of likely N-dealkylation sites (tertiary alicyclic amines) is 1. The van der Waals surface area contributed by atoms with Crippen LogP contribution in [0.5, 0.6) is 0 Å². The second-order valence-corrected chi connectivity index (χ2v) is 7.51. The highest BCUT2D eigenvalue weighted by molar-refractivity contribution is 5.92. The highest BCUT2D eigenvalue weighted by Crippen LogP contribution is 2.35. The Morgan fingerprint density at radius 1 is 1.19 bits per heavy atom. The predicted molar refractivity (Wildman–Crippen MR) is 100 cm³/mol. The summed E-state index contributed by atoms with van der Waals surface area (Å²) in [7, 11) is 0. The summed E-state index contributed by atoms with van der Waals surface area (Å²) in [6.45, 7) is 7.06. The average molecular weight is 353 g/mol. The van der Waals surface area contributed by atoms with Crippen molar-refractivity contribution in [3.8, 4) is 0 Å². The smallest absolute Gasteiger partial charge is 0.276 e. The van der Waals surface area contributed by atoms with Crippen molar-refractivity contribution in [2.45, 2.75) is 51.6 Å². The molecule has 2 aliphatic rings. The third-order valence-corrected chi connectivity index (χ3v) is 5.93. The van der Waals surface area contributed by atoms with Crippen LogP contribution in [-0.2, 0) is 0 Å². The maximum absolute atomic E-state index is 13.1. The molecule has 2 aromatic rings. The fraction of sp³-hybridized carbons (Fsp3) is 0.550. The van der Waals surface area contributed by atoms with Gasteiger partial charge < -0.3 is 10.2 Å². The predicted octanol–water partition coefficient (Wildman–Crippen LogP) is 2.80. The molecule has 26 heavy (non-hydrogen) atoms. The van der Waals surface area contributed by atoms with Crippen LogP contribution in [0.1, 0.15) is 64.9 Å². The largest absolute Gasteiger partial charge is 0.330 e. The van der Waals surface area contributed by atoms with Gasteiger partial charge >= 0.3 is 0 Å². The third kappa shape index (κ3) is 3.14. The van der Waals surface area contributed by atoms with Gasteiger partial charge in [0.25, 0.3) is 5.91 Å². The molecule has 138 valence electrons. The second-order valence-electron chi connectivity index (χ2n) is 7.51.